The van der Waals surface area contributed by atoms with Crippen LogP contribution in [0.25, 0.3) is 0 Å². The molecule has 1 N–H and O–H groups in total. The first-order chi connectivity index (χ1) is 13.5. The fourth-order valence-corrected chi connectivity index (χ4v) is 2.84. The third-order valence-corrected chi connectivity index (χ3v) is 4.39. The molecule has 146 valence electrons. The van der Waals surface area contributed by atoms with E-state index in [4.69, 9.17) is 9.15 Å². The minimum Gasteiger partial charge on any atom is -0.486 e. The van der Waals surface area contributed by atoms with E-state index in [2.05, 4.69) is 26.3 Å². The Morgan fingerprint density at radius 3 is 2.68 bits per heavy atom. The number of nitrogens with one attached hydrogen (secondary N) is 1. The highest BCUT2D eigenvalue weighted by atomic mass is 79.9. The summed E-state index contributed by atoms with van der Waals surface area (Å²) in [5, 5.41) is 6.98. The first-order valence-electron chi connectivity index (χ1n) is 8.80. The van der Waals surface area contributed by atoms with Crippen molar-refractivity contribution in [1.82, 2.24) is 15.1 Å². The van der Waals surface area contributed by atoms with Gasteiger partial charge in [0.15, 0.2) is 11.5 Å². The number of carbonyl (C=O) groups is 2. The van der Waals surface area contributed by atoms with E-state index < -0.39 is 0 Å². The lowest BCUT2D eigenvalue weighted by molar-refractivity contribution is 0.0920. The van der Waals surface area contributed by atoms with Crippen LogP contribution in [0.3, 0.4) is 0 Å². The summed E-state index contributed by atoms with van der Waals surface area (Å²) in [5.74, 6) is 1.15. The van der Waals surface area contributed by atoms with E-state index in [0.717, 1.165) is 10.9 Å². The van der Waals surface area contributed by atoms with E-state index in [9.17, 15) is 9.59 Å². The molecule has 2 aromatic heterocycles. The van der Waals surface area contributed by atoms with Gasteiger partial charge in [0.05, 0.1) is 10.7 Å². The van der Waals surface area contributed by atoms with Gasteiger partial charge in [-0.25, -0.2) is 0 Å². The number of ketones is 1. The number of carbonyl (C=O) groups excluding carboxylic acids is 2. The van der Waals surface area contributed by atoms with Gasteiger partial charge >= 0.3 is 0 Å². The molecule has 2 heterocycles. The first kappa shape index (κ1) is 19.9. The van der Waals surface area contributed by atoms with Crippen LogP contribution in [0.5, 0.6) is 5.75 Å². The topological polar surface area (TPSA) is 86.4 Å². The second kappa shape index (κ2) is 9.36. The van der Waals surface area contributed by atoms with Crippen LogP contribution in [0.1, 0.15) is 40.0 Å². The Balaban J connectivity index is 1.42. The Kier molecular flexibility index (Phi) is 6.65. The smallest absolute Gasteiger partial charge is 0.286 e. The molecule has 3 rings (SSSR count). The predicted molar refractivity (Wildman–Crippen MR) is 106 cm³/mol. The van der Waals surface area contributed by atoms with E-state index >= 15 is 0 Å². The summed E-state index contributed by atoms with van der Waals surface area (Å²) >= 11 is 3.34. The van der Waals surface area contributed by atoms with Crippen molar-refractivity contribution in [1.29, 1.82) is 0 Å². The number of aryl methyl sites for hydroxylation is 1. The average molecular weight is 446 g/mol. The van der Waals surface area contributed by atoms with Gasteiger partial charge in [0.25, 0.3) is 5.91 Å². The molecule has 0 aliphatic carbocycles. The monoisotopic (exact) mass is 445 g/mol. The summed E-state index contributed by atoms with van der Waals surface area (Å²) < 4.78 is 13.9. The molecule has 0 spiro atoms. The summed E-state index contributed by atoms with van der Waals surface area (Å²) in [4.78, 5) is 23.4. The van der Waals surface area contributed by atoms with Crippen molar-refractivity contribution in [2.45, 2.75) is 26.5 Å². The molecule has 28 heavy (non-hydrogen) atoms. The van der Waals surface area contributed by atoms with Crippen LogP contribution in [0.4, 0.5) is 0 Å². The maximum absolute atomic E-state index is 12.1. The van der Waals surface area contributed by atoms with Crippen molar-refractivity contribution in [3.05, 3.63) is 70.3 Å². The molecule has 3 aromatic rings. The highest BCUT2D eigenvalue weighted by Crippen LogP contribution is 2.16. The Bertz CT molecular complexity index is 947. The minimum absolute atomic E-state index is 0.00531. The number of amides is 1. The summed E-state index contributed by atoms with van der Waals surface area (Å²) in [6.45, 7) is 2.94. The van der Waals surface area contributed by atoms with Crippen LogP contribution >= 0.6 is 15.9 Å². The zero-order chi connectivity index (χ0) is 19.9. The van der Waals surface area contributed by atoms with Crippen molar-refractivity contribution in [2.75, 3.05) is 6.54 Å². The van der Waals surface area contributed by atoms with Gasteiger partial charge in [-0.3, -0.25) is 14.3 Å². The average Bonchev–Trinajstić information content (AvgIpc) is 3.33. The number of hydrogen-bond donors (Lipinski definition) is 1. The van der Waals surface area contributed by atoms with Gasteiger partial charge in [0, 0.05) is 24.8 Å². The molecule has 1 amide bonds. The van der Waals surface area contributed by atoms with Gasteiger partial charge in [-0.1, -0.05) is 0 Å². The predicted octanol–water partition coefficient (Wildman–Crippen LogP) is 3.84. The molecular formula is C20H20BrN3O4. The first-order valence-corrected chi connectivity index (χ1v) is 9.59. The summed E-state index contributed by atoms with van der Waals surface area (Å²) in [6, 6.07) is 10.2. The lowest BCUT2D eigenvalue weighted by Crippen LogP contribution is -2.24. The van der Waals surface area contributed by atoms with Crippen LogP contribution in [0.2, 0.25) is 0 Å². The Labute approximate surface area is 170 Å². The molecular weight excluding hydrogens is 426 g/mol. The Hall–Kier alpha value is -2.87. The molecule has 0 aliphatic heterocycles. The van der Waals surface area contributed by atoms with Gasteiger partial charge in [-0.05, 0) is 65.7 Å². The number of benzene rings is 1. The van der Waals surface area contributed by atoms with Crippen LogP contribution in [-0.2, 0) is 13.2 Å². The van der Waals surface area contributed by atoms with Crippen LogP contribution in [0, 0.1) is 0 Å². The SMILES string of the molecule is CC(=O)c1ccc(OCc2ccc(C(=O)NCCCn3cc(Br)cn3)o2)cc1. The quantitative estimate of drug-likeness (QED) is 0.399. The molecule has 0 saturated carbocycles. The second-order valence-electron chi connectivity index (χ2n) is 6.17. The molecule has 0 fully saturated rings. The third-order valence-electron chi connectivity index (χ3n) is 3.98. The van der Waals surface area contributed by atoms with Crippen LogP contribution in [-0.4, -0.2) is 28.0 Å². The van der Waals surface area contributed by atoms with E-state index in [0.29, 0.717) is 30.2 Å². The van der Waals surface area contributed by atoms with Gasteiger partial charge < -0.3 is 14.5 Å². The highest BCUT2D eigenvalue weighted by Gasteiger charge is 2.11. The van der Waals surface area contributed by atoms with Crippen LogP contribution in [0.15, 0.2) is 57.7 Å². The molecule has 7 nitrogen and oxygen atoms in total. The van der Waals surface area contributed by atoms with Gasteiger partial charge in [-0.15, -0.1) is 0 Å². The second-order valence-corrected chi connectivity index (χ2v) is 7.08. The number of Topliss-reactive ketones (excluding diaryl/α,β-unsaturated/α-hetero) is 1. The Morgan fingerprint density at radius 1 is 1.21 bits per heavy atom. The Morgan fingerprint density at radius 2 is 2.00 bits per heavy atom. The maximum atomic E-state index is 12.1. The molecule has 0 radical (unpaired) electrons. The van der Waals surface area contributed by atoms with Crippen molar-refractivity contribution >= 4 is 27.6 Å². The fourth-order valence-electron chi connectivity index (χ4n) is 2.51. The molecule has 0 saturated heterocycles. The number of aromatic nitrogens is 2. The molecule has 0 atom stereocenters. The molecule has 0 aliphatic rings. The highest BCUT2D eigenvalue weighted by molar-refractivity contribution is 9.10. The van der Waals surface area contributed by atoms with Crippen molar-refractivity contribution in [2.24, 2.45) is 0 Å². The van der Waals surface area contributed by atoms with Gasteiger partial charge in [-0.2, -0.15) is 5.10 Å². The number of rotatable bonds is 9. The van der Waals surface area contributed by atoms with Crippen molar-refractivity contribution in [3.63, 3.8) is 0 Å². The van der Waals surface area contributed by atoms with Crippen molar-refractivity contribution < 1.29 is 18.7 Å². The van der Waals surface area contributed by atoms with E-state index in [1.165, 1.54) is 6.92 Å². The lowest BCUT2D eigenvalue weighted by Gasteiger charge is -2.05. The van der Waals surface area contributed by atoms with Crippen LogP contribution < -0.4 is 10.1 Å². The van der Waals surface area contributed by atoms with E-state index in [-0.39, 0.29) is 24.1 Å². The third kappa shape index (κ3) is 5.56. The van der Waals surface area contributed by atoms with Gasteiger partial charge in [0.2, 0.25) is 0 Å². The normalized spacial score (nSPS) is 10.6. The molecule has 0 unspecified atom stereocenters. The minimum atomic E-state index is -0.265. The number of furan rings is 1. The number of nitrogens with zero attached hydrogens (tertiary/aromatic N) is 2. The number of ether oxygens (including phenoxy) is 1. The van der Waals surface area contributed by atoms with E-state index in [1.54, 1.807) is 42.6 Å². The van der Waals surface area contributed by atoms with Crippen molar-refractivity contribution in [3.8, 4) is 5.75 Å². The van der Waals surface area contributed by atoms with Gasteiger partial charge in [0.1, 0.15) is 18.1 Å². The summed E-state index contributed by atoms with van der Waals surface area (Å²) in [7, 11) is 0. The molecule has 1 aromatic carbocycles. The zero-order valence-corrected chi connectivity index (χ0v) is 16.9. The fraction of sp³-hybridized carbons (Fsp3) is 0.250. The zero-order valence-electron chi connectivity index (χ0n) is 15.4. The largest absolute Gasteiger partial charge is 0.486 e. The summed E-state index contributed by atoms with van der Waals surface area (Å²) in [6.07, 6.45) is 4.36. The number of hydrogen-bond acceptors (Lipinski definition) is 5. The maximum Gasteiger partial charge on any atom is 0.286 e. The summed E-state index contributed by atoms with van der Waals surface area (Å²) in [5.41, 5.74) is 0.629. The molecule has 0 bridgehead atoms. The molecule has 8 heteroatoms. The van der Waals surface area contributed by atoms with E-state index in [1.807, 2.05) is 10.9 Å². The standard InChI is InChI=1S/C20H20BrN3O4/c1-14(25)15-3-5-17(6-4-15)27-13-18-7-8-19(28-18)20(26)22-9-2-10-24-12-16(21)11-23-24/h3-8,11-12H,2,9-10,13H2,1H3,(H,22,26). The number of halogens is 1. The lowest BCUT2D eigenvalue weighted by atomic mass is 10.1.